The maximum atomic E-state index is 13.6. The number of ether oxygens (including phenoxy) is 6. The maximum Gasteiger partial charge on any atom is 0.364 e. The molecule has 23 heteroatoms. The summed E-state index contributed by atoms with van der Waals surface area (Å²) in [4.78, 5) is 38.7. The van der Waals surface area contributed by atoms with Gasteiger partial charge in [0.2, 0.25) is 11.8 Å². The van der Waals surface area contributed by atoms with Gasteiger partial charge in [-0.1, -0.05) is 296 Å². The Balaban J connectivity index is 1.48. The van der Waals surface area contributed by atoms with E-state index in [9.17, 15) is 75.7 Å². The standard InChI is InChI=1S/C80H150N2O21/c1-4-6-8-10-12-14-16-18-20-22-24-25-26-27-28-29-30-31-32-33-34-36-38-40-42-44-46-48-50-52-54-67(90)82-61(62(87)53-51-49-47-45-43-41-39-37-35-23-21-19-17-15-13-11-9-7-5-2)59-98-77-72(94)71(93)74(66(58-85)100-77)101-78-73(95)76(70(92)65(57-84)99-78)103-80(79(96)97)55-63(88)68(81-60(3)86)75(102-80)69(91)64(89)56-83/h27-28,61-66,68-78,83-85,87-89,91-95H,4-26,29-59H2,1-3H3,(H,81,86)(H,82,90)(H,96,97)/b28-27-. The van der Waals surface area contributed by atoms with Gasteiger partial charge in [0, 0.05) is 19.8 Å². The van der Waals surface area contributed by atoms with Gasteiger partial charge in [0.25, 0.3) is 5.79 Å². The van der Waals surface area contributed by atoms with Crippen molar-refractivity contribution in [2.24, 2.45) is 0 Å². The van der Waals surface area contributed by atoms with Crippen LogP contribution in [-0.4, -0.2) is 215 Å². The number of carbonyl (C=O) groups excluding carboxylic acids is 2. The lowest BCUT2D eigenvalue weighted by molar-refractivity contribution is -0.386. The van der Waals surface area contributed by atoms with E-state index in [0.717, 1.165) is 58.3 Å². The number of unbranched alkanes of at least 4 members (excludes halogenated alkanes) is 44. The highest BCUT2D eigenvalue weighted by molar-refractivity contribution is 5.77. The molecule has 0 bridgehead atoms. The van der Waals surface area contributed by atoms with Gasteiger partial charge < -0.3 is 100 Å². The largest absolute Gasteiger partial charge is 0.477 e. The van der Waals surface area contributed by atoms with E-state index in [1.54, 1.807) is 0 Å². The molecule has 3 fully saturated rings. The van der Waals surface area contributed by atoms with Crippen LogP contribution in [0.15, 0.2) is 12.2 Å². The van der Waals surface area contributed by atoms with Crippen molar-refractivity contribution in [2.45, 2.75) is 452 Å². The van der Waals surface area contributed by atoms with Gasteiger partial charge in [-0.25, -0.2) is 4.79 Å². The molecule has 14 N–H and O–H groups in total. The number of aliphatic hydroxyl groups excluding tert-OH is 11. The third kappa shape index (κ3) is 39.6. The summed E-state index contributed by atoms with van der Waals surface area (Å²) in [6, 6.07) is -2.53. The molecule has 0 saturated carbocycles. The Morgan fingerprint density at radius 1 is 0.495 bits per heavy atom. The van der Waals surface area contributed by atoms with E-state index >= 15 is 0 Å². The summed E-state index contributed by atoms with van der Waals surface area (Å²) in [6.45, 7) is 2.26. The predicted octanol–water partition coefficient (Wildman–Crippen LogP) is 11.4. The van der Waals surface area contributed by atoms with Gasteiger partial charge in [-0.05, 0) is 38.5 Å². The van der Waals surface area contributed by atoms with Crippen LogP contribution >= 0.6 is 0 Å². The Kier molecular flexibility index (Phi) is 54.6. The minimum Gasteiger partial charge on any atom is -0.477 e. The third-order valence-electron chi connectivity index (χ3n) is 21.2. The number of aliphatic hydroxyl groups is 11. The number of carbonyl (C=O) groups is 3. The predicted molar refractivity (Wildman–Crippen MR) is 398 cm³/mol. The molecule has 3 aliphatic heterocycles. The molecule has 18 atom stereocenters. The van der Waals surface area contributed by atoms with E-state index < -0.39 is 148 Å². The highest BCUT2D eigenvalue weighted by Crippen LogP contribution is 2.39. The van der Waals surface area contributed by atoms with Crippen molar-refractivity contribution in [3.8, 4) is 0 Å². The maximum absolute atomic E-state index is 13.6. The van der Waals surface area contributed by atoms with Gasteiger partial charge in [0.15, 0.2) is 12.6 Å². The summed E-state index contributed by atoms with van der Waals surface area (Å²) in [5, 5.41) is 137. The lowest BCUT2D eigenvalue weighted by atomic mass is 9.88. The van der Waals surface area contributed by atoms with Crippen LogP contribution in [0.3, 0.4) is 0 Å². The summed E-state index contributed by atoms with van der Waals surface area (Å²) in [5.74, 6) is -6.09. The Hall–Kier alpha value is -2.53. The van der Waals surface area contributed by atoms with E-state index in [0.29, 0.717) is 19.3 Å². The van der Waals surface area contributed by atoms with Crippen molar-refractivity contribution >= 4 is 17.8 Å². The molecule has 3 aliphatic rings. The number of carboxylic acid groups (broad SMARTS) is 1. The van der Waals surface area contributed by atoms with Gasteiger partial charge >= 0.3 is 5.97 Å². The van der Waals surface area contributed by atoms with E-state index in [1.807, 2.05) is 0 Å². The smallest absolute Gasteiger partial charge is 0.364 e. The molecule has 3 heterocycles. The molecular formula is C80H150N2O21. The van der Waals surface area contributed by atoms with Crippen molar-refractivity contribution in [2.75, 3.05) is 26.4 Å². The molecule has 2 amide bonds. The Morgan fingerprint density at radius 3 is 1.31 bits per heavy atom. The van der Waals surface area contributed by atoms with E-state index in [2.05, 4.69) is 36.6 Å². The molecule has 0 aromatic rings. The molecule has 0 aromatic heterocycles. The van der Waals surface area contributed by atoms with Crippen LogP contribution in [0.4, 0.5) is 0 Å². The fourth-order valence-electron chi connectivity index (χ4n) is 14.7. The lowest BCUT2D eigenvalue weighted by Crippen LogP contribution is -2.70. The zero-order chi connectivity index (χ0) is 75.3. The monoisotopic (exact) mass is 1480 g/mol. The summed E-state index contributed by atoms with van der Waals surface area (Å²) in [5.41, 5.74) is 0. The average Bonchev–Trinajstić information content (AvgIpc) is 0.754. The number of amides is 2. The first kappa shape index (κ1) is 94.7. The van der Waals surface area contributed by atoms with Gasteiger partial charge in [-0.3, -0.25) is 9.59 Å². The third-order valence-corrected chi connectivity index (χ3v) is 21.2. The molecule has 18 unspecified atom stereocenters. The first-order chi connectivity index (χ1) is 49.9. The Bertz CT molecular complexity index is 2100. The molecule has 0 aliphatic carbocycles. The molecule has 606 valence electrons. The van der Waals surface area contributed by atoms with Crippen LogP contribution < -0.4 is 10.6 Å². The normalized spacial score (nSPS) is 26.5. The number of hydrogen-bond donors (Lipinski definition) is 14. The molecule has 103 heavy (non-hydrogen) atoms. The molecule has 3 saturated heterocycles. The molecular weight excluding hydrogens is 1320 g/mol. The molecule has 3 rings (SSSR count). The van der Waals surface area contributed by atoms with Crippen LogP contribution in [0.2, 0.25) is 0 Å². The van der Waals surface area contributed by atoms with Gasteiger partial charge in [0.1, 0.15) is 67.1 Å². The first-order valence-corrected chi connectivity index (χ1v) is 41.5. The van der Waals surface area contributed by atoms with Gasteiger partial charge in [-0.15, -0.1) is 0 Å². The Labute approximate surface area is 620 Å². The fraction of sp³-hybridized carbons (Fsp3) is 0.938. The van der Waals surface area contributed by atoms with Crippen LogP contribution in [0.5, 0.6) is 0 Å². The molecule has 23 nitrogen and oxygen atoms in total. The fourth-order valence-corrected chi connectivity index (χ4v) is 14.7. The number of hydrogen-bond acceptors (Lipinski definition) is 20. The van der Waals surface area contributed by atoms with Crippen molar-refractivity contribution < 1.29 is 104 Å². The summed E-state index contributed by atoms with van der Waals surface area (Å²) in [6.07, 6.45) is 35.0. The molecule has 0 radical (unpaired) electrons. The van der Waals surface area contributed by atoms with Gasteiger partial charge in [0.05, 0.1) is 50.7 Å². The van der Waals surface area contributed by atoms with Crippen LogP contribution in [0, 0.1) is 0 Å². The second-order valence-corrected chi connectivity index (χ2v) is 30.3. The highest BCUT2D eigenvalue weighted by atomic mass is 16.8. The average molecular weight is 1480 g/mol. The van der Waals surface area contributed by atoms with Crippen LogP contribution in [-0.2, 0) is 42.8 Å². The zero-order valence-corrected chi connectivity index (χ0v) is 64.2. The number of carboxylic acids is 1. The van der Waals surface area contributed by atoms with Crippen molar-refractivity contribution in [3.63, 3.8) is 0 Å². The first-order valence-electron chi connectivity index (χ1n) is 41.5. The number of nitrogens with one attached hydrogen (secondary N) is 2. The van der Waals surface area contributed by atoms with E-state index in [-0.39, 0.29) is 18.9 Å². The van der Waals surface area contributed by atoms with Crippen LogP contribution in [0.1, 0.15) is 342 Å². The quantitative estimate of drug-likeness (QED) is 0.0199. The van der Waals surface area contributed by atoms with Crippen molar-refractivity contribution in [1.29, 1.82) is 0 Å². The SMILES string of the molecule is CCCCCCCCCCCCCC/C=C\CCCCCCCCCCCCCCCCC(=O)NC(COC1OC(CO)C(OC2OC(CO)C(O)C(OC3(C(=O)O)CC(O)C(NC(C)=O)C(C(O)C(O)CO)O3)C2O)C(O)C1O)C(O)CCCCCCCCCCCCCCCCCCCCC. The number of allylic oxidation sites excluding steroid dienone is 2. The summed E-state index contributed by atoms with van der Waals surface area (Å²) in [7, 11) is 0. The minimum absolute atomic E-state index is 0.227. The van der Waals surface area contributed by atoms with E-state index in [1.165, 1.54) is 238 Å². The van der Waals surface area contributed by atoms with Crippen molar-refractivity contribution in [1.82, 2.24) is 10.6 Å². The second-order valence-electron chi connectivity index (χ2n) is 30.3. The number of aliphatic carboxylic acids is 1. The second kappa shape index (κ2) is 59.4. The molecule has 0 aromatic carbocycles. The van der Waals surface area contributed by atoms with Crippen LogP contribution in [0.25, 0.3) is 0 Å². The Morgan fingerprint density at radius 2 is 0.903 bits per heavy atom. The highest BCUT2D eigenvalue weighted by Gasteiger charge is 2.60. The molecule has 0 spiro atoms. The zero-order valence-electron chi connectivity index (χ0n) is 64.2. The van der Waals surface area contributed by atoms with Crippen molar-refractivity contribution in [3.05, 3.63) is 12.2 Å². The van der Waals surface area contributed by atoms with E-state index in [4.69, 9.17) is 28.4 Å². The summed E-state index contributed by atoms with van der Waals surface area (Å²) >= 11 is 0. The lowest BCUT2D eigenvalue weighted by Gasteiger charge is -2.50. The minimum atomic E-state index is -3.08. The summed E-state index contributed by atoms with van der Waals surface area (Å²) < 4.78 is 35.0. The number of rotatable bonds is 66. The van der Waals surface area contributed by atoms with Gasteiger partial charge in [-0.2, -0.15) is 0 Å². The topological polar surface area (TPSA) is 373 Å².